The summed E-state index contributed by atoms with van der Waals surface area (Å²) in [6.07, 6.45) is 1.71. The average Bonchev–Trinajstić information content (AvgIpc) is 2.45. The van der Waals surface area contributed by atoms with E-state index < -0.39 is 5.79 Å². The molecule has 0 aliphatic carbocycles. The highest BCUT2D eigenvalue weighted by Gasteiger charge is 2.52. The number of rotatable bonds is 0. The van der Waals surface area contributed by atoms with Crippen molar-refractivity contribution in [3.63, 3.8) is 0 Å². The summed E-state index contributed by atoms with van der Waals surface area (Å²) in [5.41, 5.74) is 2.59. The Morgan fingerprint density at radius 2 is 1.04 bits per heavy atom. The minimum Gasteiger partial charge on any atom is -0.452 e. The van der Waals surface area contributed by atoms with Crippen LogP contribution in [0.3, 0.4) is 0 Å². The zero-order valence-corrected chi connectivity index (χ0v) is 14.3. The maximum atomic E-state index is 6.47. The first-order valence-corrected chi connectivity index (χ1v) is 8.39. The minimum atomic E-state index is -0.588. The highest BCUT2D eigenvalue weighted by atomic mass is 16.7. The molecule has 4 rings (SSSR count). The van der Waals surface area contributed by atoms with Gasteiger partial charge < -0.3 is 9.47 Å². The van der Waals surface area contributed by atoms with E-state index in [1.807, 2.05) is 12.1 Å². The van der Waals surface area contributed by atoms with Gasteiger partial charge >= 0.3 is 0 Å². The van der Waals surface area contributed by atoms with Crippen LogP contribution in [-0.2, 0) is 10.8 Å². The van der Waals surface area contributed by atoms with E-state index in [-0.39, 0.29) is 10.8 Å². The topological polar surface area (TPSA) is 18.5 Å². The Morgan fingerprint density at radius 1 is 0.652 bits per heavy atom. The molecule has 0 N–H and O–H groups in total. The molecule has 0 atom stereocenters. The maximum Gasteiger partial charge on any atom is 0.252 e. The van der Waals surface area contributed by atoms with Crippen molar-refractivity contribution in [1.82, 2.24) is 0 Å². The lowest BCUT2D eigenvalue weighted by Crippen LogP contribution is -2.55. The van der Waals surface area contributed by atoms with E-state index in [0.29, 0.717) is 0 Å². The molecule has 0 fully saturated rings. The van der Waals surface area contributed by atoms with Gasteiger partial charge in [0, 0.05) is 34.8 Å². The van der Waals surface area contributed by atoms with Gasteiger partial charge in [0.05, 0.1) is 0 Å². The summed E-state index contributed by atoms with van der Waals surface area (Å²) in [4.78, 5) is 0. The first-order valence-electron chi connectivity index (χ1n) is 8.39. The second kappa shape index (κ2) is 4.53. The van der Waals surface area contributed by atoms with Crippen LogP contribution < -0.4 is 9.47 Å². The third kappa shape index (κ3) is 2.23. The predicted octanol–water partition coefficient (Wildman–Crippen LogP) is 5.20. The molecule has 2 heterocycles. The van der Waals surface area contributed by atoms with Crippen LogP contribution in [0.1, 0.15) is 51.7 Å². The normalized spacial score (nSPS) is 22.4. The van der Waals surface area contributed by atoms with E-state index in [9.17, 15) is 0 Å². The van der Waals surface area contributed by atoms with E-state index >= 15 is 0 Å². The molecule has 0 unspecified atom stereocenters. The van der Waals surface area contributed by atoms with Crippen LogP contribution in [0, 0.1) is 0 Å². The fourth-order valence-corrected chi connectivity index (χ4v) is 4.40. The van der Waals surface area contributed by atoms with Crippen molar-refractivity contribution >= 4 is 0 Å². The molecule has 0 radical (unpaired) electrons. The van der Waals surface area contributed by atoms with Gasteiger partial charge in [0.15, 0.2) is 0 Å². The molecular weight excluding hydrogens is 284 g/mol. The van der Waals surface area contributed by atoms with Gasteiger partial charge in [-0.25, -0.2) is 0 Å². The summed E-state index contributed by atoms with van der Waals surface area (Å²) in [6, 6.07) is 16.7. The van der Waals surface area contributed by atoms with Crippen molar-refractivity contribution in [3.8, 4) is 11.5 Å². The third-order valence-electron chi connectivity index (χ3n) is 5.25. The molecule has 0 amide bonds. The van der Waals surface area contributed by atoms with Crippen molar-refractivity contribution in [1.29, 1.82) is 0 Å². The van der Waals surface area contributed by atoms with Crippen molar-refractivity contribution in [2.75, 3.05) is 0 Å². The Morgan fingerprint density at radius 3 is 1.48 bits per heavy atom. The fourth-order valence-electron chi connectivity index (χ4n) is 4.40. The molecule has 0 aromatic heterocycles. The summed E-state index contributed by atoms with van der Waals surface area (Å²) in [5, 5.41) is 0. The molecule has 0 bridgehead atoms. The largest absolute Gasteiger partial charge is 0.452 e. The number of hydrogen-bond donors (Lipinski definition) is 0. The van der Waals surface area contributed by atoms with Gasteiger partial charge in [-0.3, -0.25) is 0 Å². The van der Waals surface area contributed by atoms with Gasteiger partial charge in [0.25, 0.3) is 5.79 Å². The summed E-state index contributed by atoms with van der Waals surface area (Å²) < 4.78 is 12.9. The number of fused-ring (bicyclic) bond motifs is 2. The van der Waals surface area contributed by atoms with E-state index in [4.69, 9.17) is 9.47 Å². The van der Waals surface area contributed by atoms with Crippen LogP contribution in [0.25, 0.3) is 0 Å². The Bertz CT molecular complexity index is 692. The lowest BCUT2D eigenvalue weighted by molar-refractivity contribution is -0.166. The van der Waals surface area contributed by atoms with Crippen LogP contribution in [-0.4, -0.2) is 5.79 Å². The molecule has 0 saturated heterocycles. The first kappa shape index (κ1) is 14.6. The molecule has 0 saturated carbocycles. The molecule has 2 aliphatic rings. The quantitative estimate of drug-likeness (QED) is 0.665. The molecule has 1 spiro atoms. The molecule has 2 nitrogen and oxygen atoms in total. The second-order valence-corrected chi connectivity index (χ2v) is 8.23. The molecule has 2 aromatic rings. The molecule has 23 heavy (non-hydrogen) atoms. The lowest BCUT2D eigenvalue weighted by Gasteiger charge is -2.51. The van der Waals surface area contributed by atoms with Crippen LogP contribution in [0.2, 0.25) is 0 Å². The van der Waals surface area contributed by atoms with E-state index in [0.717, 1.165) is 24.3 Å². The van der Waals surface area contributed by atoms with Gasteiger partial charge in [-0.1, -0.05) is 64.1 Å². The highest BCUT2D eigenvalue weighted by molar-refractivity contribution is 5.45. The lowest BCUT2D eigenvalue weighted by atomic mass is 9.69. The molecule has 2 aromatic carbocycles. The second-order valence-electron chi connectivity index (χ2n) is 8.23. The van der Waals surface area contributed by atoms with E-state index in [1.165, 1.54) is 11.1 Å². The number of benzene rings is 2. The SMILES string of the molecule is CC1(C)CC2(CC(C)(C)c3ccccc3O2)Oc2ccccc21. The van der Waals surface area contributed by atoms with Crippen LogP contribution in [0.5, 0.6) is 11.5 Å². The summed E-state index contributed by atoms with van der Waals surface area (Å²) >= 11 is 0. The highest BCUT2D eigenvalue weighted by Crippen LogP contribution is 2.53. The average molecular weight is 308 g/mol. The smallest absolute Gasteiger partial charge is 0.252 e. The van der Waals surface area contributed by atoms with Gasteiger partial charge in [0.1, 0.15) is 11.5 Å². The van der Waals surface area contributed by atoms with Crippen LogP contribution in [0.15, 0.2) is 48.5 Å². The molecule has 2 heteroatoms. The van der Waals surface area contributed by atoms with E-state index in [1.54, 1.807) is 0 Å². The molecule has 2 aliphatic heterocycles. The van der Waals surface area contributed by atoms with Crippen LogP contribution >= 0.6 is 0 Å². The Labute approximate surface area is 138 Å². The Kier molecular flexibility index (Phi) is 2.88. The van der Waals surface area contributed by atoms with Gasteiger partial charge in [0.2, 0.25) is 0 Å². The van der Waals surface area contributed by atoms with Crippen molar-refractivity contribution in [2.24, 2.45) is 0 Å². The third-order valence-corrected chi connectivity index (χ3v) is 5.25. The van der Waals surface area contributed by atoms with E-state index in [2.05, 4.69) is 64.1 Å². The van der Waals surface area contributed by atoms with Crippen molar-refractivity contribution < 1.29 is 9.47 Å². The van der Waals surface area contributed by atoms with Crippen molar-refractivity contribution in [3.05, 3.63) is 59.7 Å². The van der Waals surface area contributed by atoms with Gasteiger partial charge in [-0.15, -0.1) is 0 Å². The number of ether oxygens (including phenoxy) is 2. The van der Waals surface area contributed by atoms with Gasteiger partial charge in [-0.05, 0) is 12.1 Å². The zero-order valence-electron chi connectivity index (χ0n) is 14.3. The Balaban J connectivity index is 1.82. The standard InChI is InChI=1S/C21H24O2/c1-19(2)13-21(22-17-11-7-5-9-15(17)19)14-20(3,4)16-10-6-8-12-18(16)23-21/h5-12H,13-14H2,1-4H3. The fraction of sp³-hybridized carbons (Fsp3) is 0.429. The monoisotopic (exact) mass is 308 g/mol. The predicted molar refractivity (Wildman–Crippen MR) is 92.2 cm³/mol. The summed E-state index contributed by atoms with van der Waals surface area (Å²) in [7, 11) is 0. The summed E-state index contributed by atoms with van der Waals surface area (Å²) in [5.74, 6) is 1.33. The van der Waals surface area contributed by atoms with Crippen molar-refractivity contribution in [2.45, 2.75) is 57.2 Å². The minimum absolute atomic E-state index is 0.0250. The molecular formula is C21H24O2. The number of hydrogen-bond acceptors (Lipinski definition) is 2. The molecule has 120 valence electrons. The maximum absolute atomic E-state index is 6.47. The number of para-hydroxylation sites is 2. The van der Waals surface area contributed by atoms with Crippen LogP contribution in [0.4, 0.5) is 0 Å². The zero-order chi connectivity index (χ0) is 16.3. The summed E-state index contributed by atoms with van der Waals surface area (Å²) in [6.45, 7) is 9.14. The Hall–Kier alpha value is -1.96. The first-order chi connectivity index (χ1) is 10.8. The van der Waals surface area contributed by atoms with Gasteiger partial charge in [-0.2, -0.15) is 0 Å².